The Hall–Kier alpha value is -3.81. The average Bonchev–Trinajstić information content (AvgIpc) is 3.32. The highest BCUT2D eigenvalue weighted by atomic mass is 16.2. The fourth-order valence-corrected chi connectivity index (χ4v) is 3.12. The van der Waals surface area contributed by atoms with Crippen molar-refractivity contribution in [3.63, 3.8) is 0 Å². The van der Waals surface area contributed by atoms with Crippen LogP contribution in [-0.4, -0.2) is 44.4 Å². The fraction of sp³-hybridized carbons (Fsp3) is 0.150. The fourth-order valence-electron chi connectivity index (χ4n) is 3.12. The Morgan fingerprint density at radius 1 is 1.04 bits per heavy atom. The molecule has 1 aromatic heterocycles. The predicted molar refractivity (Wildman–Crippen MR) is 100 cm³/mol. The lowest BCUT2D eigenvalue weighted by Crippen LogP contribution is -2.27. The molecule has 1 N–H and O–H groups in total. The summed E-state index contributed by atoms with van der Waals surface area (Å²) >= 11 is 0. The number of imide groups is 1. The van der Waals surface area contributed by atoms with E-state index in [-0.39, 0.29) is 23.4 Å². The van der Waals surface area contributed by atoms with Crippen LogP contribution in [-0.2, 0) is 0 Å². The minimum Gasteiger partial charge on any atom is -0.346 e. The molecule has 0 fully saturated rings. The molecule has 28 heavy (non-hydrogen) atoms. The smallest absolute Gasteiger partial charge is 0.261 e. The molecule has 2 heterocycles. The lowest BCUT2D eigenvalue weighted by molar-refractivity contribution is 0.0693. The number of nitrogens with zero attached hydrogens (tertiary/aromatic N) is 4. The van der Waals surface area contributed by atoms with Crippen LogP contribution in [0, 0.1) is 0 Å². The van der Waals surface area contributed by atoms with Gasteiger partial charge >= 0.3 is 0 Å². The van der Waals surface area contributed by atoms with Gasteiger partial charge in [-0.2, -0.15) is 5.10 Å². The molecule has 0 saturated heterocycles. The molecule has 1 aliphatic rings. The van der Waals surface area contributed by atoms with Gasteiger partial charge in [-0.15, -0.1) is 0 Å². The predicted octanol–water partition coefficient (Wildman–Crippen LogP) is 1.98. The molecule has 8 nitrogen and oxygen atoms in total. The van der Waals surface area contributed by atoms with Gasteiger partial charge in [-0.25, -0.2) is 9.67 Å². The number of rotatable bonds is 4. The summed E-state index contributed by atoms with van der Waals surface area (Å²) in [5.41, 5.74) is 2.70. The molecule has 0 unspecified atom stereocenters. The van der Waals surface area contributed by atoms with Gasteiger partial charge < -0.3 is 5.32 Å². The number of hydrogen-bond donors (Lipinski definition) is 1. The zero-order chi connectivity index (χ0) is 19.8. The Kier molecular flexibility index (Phi) is 4.23. The van der Waals surface area contributed by atoms with E-state index in [1.165, 1.54) is 25.5 Å². The maximum Gasteiger partial charge on any atom is 0.261 e. The van der Waals surface area contributed by atoms with Crippen LogP contribution in [0.5, 0.6) is 0 Å². The highest BCUT2D eigenvalue weighted by molar-refractivity contribution is 6.21. The van der Waals surface area contributed by atoms with Crippen molar-refractivity contribution < 1.29 is 14.4 Å². The van der Waals surface area contributed by atoms with Gasteiger partial charge in [-0.3, -0.25) is 19.3 Å². The van der Waals surface area contributed by atoms with Crippen molar-refractivity contribution in [3.05, 3.63) is 77.4 Å². The van der Waals surface area contributed by atoms with E-state index in [9.17, 15) is 14.4 Å². The molecule has 0 aliphatic carbocycles. The number of carbonyl (C=O) groups is 3. The van der Waals surface area contributed by atoms with Crippen LogP contribution >= 0.6 is 0 Å². The Labute approximate surface area is 160 Å². The summed E-state index contributed by atoms with van der Waals surface area (Å²) in [5.74, 6) is -1.07. The molecule has 0 radical (unpaired) electrons. The Balaban J connectivity index is 1.50. The maximum absolute atomic E-state index is 12.6. The van der Waals surface area contributed by atoms with Crippen molar-refractivity contribution in [3.8, 4) is 5.69 Å². The summed E-state index contributed by atoms with van der Waals surface area (Å²) in [6.07, 6.45) is 3.07. The van der Waals surface area contributed by atoms with Crippen LogP contribution in [0.4, 0.5) is 0 Å². The molecule has 2 aromatic carbocycles. The molecule has 140 valence electrons. The monoisotopic (exact) mass is 375 g/mol. The zero-order valence-electron chi connectivity index (χ0n) is 15.3. The zero-order valence-corrected chi connectivity index (χ0v) is 15.3. The van der Waals surface area contributed by atoms with Gasteiger partial charge in [0.1, 0.15) is 12.7 Å². The van der Waals surface area contributed by atoms with Crippen LogP contribution in [0.2, 0.25) is 0 Å². The summed E-state index contributed by atoms with van der Waals surface area (Å²) in [7, 11) is 1.43. The molecule has 0 bridgehead atoms. The summed E-state index contributed by atoms with van der Waals surface area (Å²) in [6.45, 7) is 1.87. The molecule has 4 rings (SSSR count). The third-order valence-corrected chi connectivity index (χ3v) is 4.78. The minimum atomic E-state index is -0.397. The molecule has 0 spiro atoms. The van der Waals surface area contributed by atoms with Gasteiger partial charge in [0.2, 0.25) is 0 Å². The first-order valence-corrected chi connectivity index (χ1v) is 8.68. The van der Waals surface area contributed by atoms with E-state index in [0.29, 0.717) is 11.1 Å². The maximum atomic E-state index is 12.6. The van der Waals surface area contributed by atoms with Crippen molar-refractivity contribution in [2.75, 3.05) is 7.05 Å². The van der Waals surface area contributed by atoms with Crippen LogP contribution in [0.3, 0.4) is 0 Å². The number of benzene rings is 2. The molecule has 1 aliphatic heterocycles. The normalized spacial score (nSPS) is 14.1. The average molecular weight is 375 g/mol. The van der Waals surface area contributed by atoms with Crippen molar-refractivity contribution >= 4 is 17.7 Å². The summed E-state index contributed by atoms with van der Waals surface area (Å²) in [4.78, 5) is 41.6. The van der Waals surface area contributed by atoms with E-state index in [1.807, 2.05) is 31.2 Å². The Morgan fingerprint density at radius 2 is 1.75 bits per heavy atom. The van der Waals surface area contributed by atoms with Crippen molar-refractivity contribution in [2.45, 2.75) is 13.0 Å². The Bertz CT molecular complexity index is 1070. The van der Waals surface area contributed by atoms with Crippen molar-refractivity contribution in [1.29, 1.82) is 0 Å². The van der Waals surface area contributed by atoms with Crippen LogP contribution in [0.25, 0.3) is 5.69 Å². The lowest BCUT2D eigenvalue weighted by atomic mass is 10.0. The molecule has 3 aromatic rings. The number of fused-ring (bicyclic) bond motifs is 1. The van der Waals surface area contributed by atoms with Gasteiger partial charge in [-0.05, 0) is 42.8 Å². The third-order valence-electron chi connectivity index (χ3n) is 4.78. The molecule has 8 heteroatoms. The topological polar surface area (TPSA) is 97.2 Å². The largest absolute Gasteiger partial charge is 0.346 e. The third kappa shape index (κ3) is 2.94. The summed E-state index contributed by atoms with van der Waals surface area (Å²) < 4.78 is 1.65. The van der Waals surface area contributed by atoms with Gasteiger partial charge in [-0.1, -0.05) is 12.1 Å². The van der Waals surface area contributed by atoms with E-state index in [1.54, 1.807) is 17.1 Å². The molecular formula is C20H17N5O3. The van der Waals surface area contributed by atoms with E-state index in [2.05, 4.69) is 15.4 Å². The lowest BCUT2D eigenvalue weighted by Gasteiger charge is -2.15. The first-order valence-electron chi connectivity index (χ1n) is 8.68. The van der Waals surface area contributed by atoms with E-state index < -0.39 is 5.91 Å². The number of hydrogen-bond acceptors (Lipinski definition) is 5. The second-order valence-corrected chi connectivity index (χ2v) is 6.56. The summed E-state index contributed by atoms with van der Waals surface area (Å²) in [5, 5.41) is 6.99. The first-order chi connectivity index (χ1) is 13.5. The van der Waals surface area contributed by atoms with Crippen LogP contribution in [0.15, 0.2) is 55.1 Å². The van der Waals surface area contributed by atoms with E-state index >= 15 is 0 Å². The second-order valence-electron chi connectivity index (χ2n) is 6.56. The highest BCUT2D eigenvalue weighted by Gasteiger charge is 2.33. The highest BCUT2D eigenvalue weighted by Crippen LogP contribution is 2.23. The number of carbonyl (C=O) groups excluding carboxylic acids is 3. The van der Waals surface area contributed by atoms with E-state index in [4.69, 9.17) is 0 Å². The first kappa shape index (κ1) is 17.6. The van der Waals surface area contributed by atoms with Gasteiger partial charge in [0, 0.05) is 12.6 Å². The number of aromatic nitrogens is 3. The van der Waals surface area contributed by atoms with Crippen molar-refractivity contribution in [2.24, 2.45) is 0 Å². The van der Waals surface area contributed by atoms with E-state index in [0.717, 1.165) is 16.2 Å². The minimum absolute atomic E-state index is 0.245. The Morgan fingerprint density at radius 3 is 2.43 bits per heavy atom. The van der Waals surface area contributed by atoms with Gasteiger partial charge in [0.15, 0.2) is 0 Å². The molecule has 0 saturated carbocycles. The number of nitrogens with one attached hydrogen (secondary N) is 1. The second kappa shape index (κ2) is 6.73. The number of amides is 3. The SMILES string of the molecule is C[C@@H](NC(=O)c1ccc2c(c1)C(=O)N(C)C2=O)c1ccc(-n2cncn2)cc1. The van der Waals surface area contributed by atoms with Crippen LogP contribution < -0.4 is 5.32 Å². The molecule has 3 amide bonds. The quantitative estimate of drug-likeness (QED) is 0.704. The standard InChI is InChI=1S/C20H17N5O3/c1-12(13-3-6-15(7-4-13)25-11-21-10-22-25)23-18(26)14-5-8-16-17(9-14)20(28)24(2)19(16)27/h3-12H,1-2H3,(H,23,26)/t12-/m1/s1. The molecular weight excluding hydrogens is 358 g/mol. The molecule has 1 atom stereocenters. The summed E-state index contributed by atoms with van der Waals surface area (Å²) in [6, 6.07) is 11.9. The van der Waals surface area contributed by atoms with Crippen molar-refractivity contribution in [1.82, 2.24) is 25.0 Å². The van der Waals surface area contributed by atoms with Gasteiger partial charge in [0.05, 0.1) is 22.9 Å². The van der Waals surface area contributed by atoms with Gasteiger partial charge in [0.25, 0.3) is 17.7 Å². The van der Waals surface area contributed by atoms with Crippen LogP contribution in [0.1, 0.15) is 49.6 Å².